The standard InChI is InChI=1S/C16H13N2.CH3.B.2Y/c1-4-15-11-16(18(3)12-17-15)10-13(2)14-8-6-5-7-9-14;;;;/h1,4-8,12H,2-3H3;1H3;;;/q-3;-1;;;+3. The Kier molecular flexibility index (Phi) is 16.5. The van der Waals surface area contributed by atoms with Crippen LogP contribution < -0.4 is 4.57 Å². The zero-order valence-corrected chi connectivity index (χ0v) is 18.8. The Morgan fingerprint density at radius 2 is 2.09 bits per heavy atom. The summed E-state index contributed by atoms with van der Waals surface area (Å²) >= 11 is 0. The van der Waals surface area contributed by atoms with E-state index >= 15 is 0 Å². The van der Waals surface area contributed by atoms with Crippen molar-refractivity contribution in [3.63, 3.8) is 0 Å². The van der Waals surface area contributed by atoms with Crippen LogP contribution in [0.3, 0.4) is 0 Å². The summed E-state index contributed by atoms with van der Waals surface area (Å²) in [7, 11) is 1.90. The smallest absolute Gasteiger partial charge is 0.423 e. The average molecular weight is 437 g/mol. The third-order valence-corrected chi connectivity index (χ3v) is 2.55. The van der Waals surface area contributed by atoms with Crippen LogP contribution in [0.15, 0.2) is 30.6 Å². The summed E-state index contributed by atoms with van der Waals surface area (Å²) in [5, 5.41) is 0. The van der Waals surface area contributed by atoms with E-state index in [1.807, 2.05) is 42.8 Å². The molecule has 1 aromatic heterocycles. The minimum Gasteiger partial charge on any atom is -0.423 e. The molecule has 1 aromatic carbocycles. The Morgan fingerprint density at radius 3 is 2.64 bits per heavy atom. The summed E-state index contributed by atoms with van der Waals surface area (Å²) in [6.07, 6.45) is 6.40. The third-order valence-electron chi connectivity index (χ3n) is 2.55. The molecule has 0 fully saturated rings. The van der Waals surface area contributed by atoms with Crippen molar-refractivity contribution in [1.29, 1.82) is 0 Å². The Bertz CT molecular complexity index is 599. The SMILES string of the molecule is [B].[CH-]=Cc1[c-]c([C-]=C(C)c2[c-]cccc2)[n+](C)cn1.[CH3-].[Y+3].[Y]. The summed E-state index contributed by atoms with van der Waals surface area (Å²) < 4.78 is 1.85. The van der Waals surface area contributed by atoms with Crippen LogP contribution in [0.2, 0.25) is 0 Å². The molecule has 0 aliphatic carbocycles. The predicted molar refractivity (Wildman–Crippen MR) is 81.9 cm³/mol. The second kappa shape index (κ2) is 13.5. The summed E-state index contributed by atoms with van der Waals surface area (Å²) in [6.45, 7) is 7.43. The van der Waals surface area contributed by atoms with Crippen LogP contribution in [-0.2, 0) is 72.5 Å². The van der Waals surface area contributed by atoms with Gasteiger partial charge in [0, 0.05) is 41.1 Å². The molecule has 0 saturated carbocycles. The first-order chi connectivity index (χ1) is 8.70. The van der Waals surface area contributed by atoms with Crippen molar-refractivity contribution >= 4 is 20.1 Å². The van der Waals surface area contributed by atoms with Gasteiger partial charge in [-0.2, -0.15) is 16.2 Å². The number of rotatable bonds is 3. The van der Waals surface area contributed by atoms with Crippen molar-refractivity contribution in [1.82, 2.24) is 4.98 Å². The van der Waals surface area contributed by atoms with Gasteiger partial charge in [0.25, 0.3) is 6.33 Å². The number of hydrogen-bond acceptors (Lipinski definition) is 1. The molecular formula is C17H16BN2Y2-. The number of allylic oxidation sites excluding steroid dienone is 1. The number of benzene rings is 1. The van der Waals surface area contributed by atoms with Gasteiger partial charge in [-0.1, -0.05) is 6.92 Å². The van der Waals surface area contributed by atoms with Crippen molar-refractivity contribution in [2.24, 2.45) is 7.05 Å². The number of hydrogen-bond donors (Lipinski definition) is 0. The third kappa shape index (κ3) is 7.55. The van der Waals surface area contributed by atoms with Crippen molar-refractivity contribution in [2.45, 2.75) is 6.92 Å². The van der Waals surface area contributed by atoms with Crippen LogP contribution >= 0.6 is 0 Å². The average Bonchev–Trinajstić information content (AvgIpc) is 2.42. The molecule has 4 radical (unpaired) electrons. The van der Waals surface area contributed by atoms with Gasteiger partial charge in [-0.15, -0.1) is 36.0 Å². The van der Waals surface area contributed by atoms with Gasteiger partial charge in [0.2, 0.25) is 0 Å². The van der Waals surface area contributed by atoms with Gasteiger partial charge in [-0.3, -0.25) is 4.57 Å². The molecule has 0 aliphatic rings. The van der Waals surface area contributed by atoms with E-state index < -0.39 is 0 Å². The maximum Gasteiger partial charge on any atom is 3.00 e. The molecule has 1 heterocycles. The van der Waals surface area contributed by atoms with E-state index in [4.69, 9.17) is 6.58 Å². The van der Waals surface area contributed by atoms with Crippen molar-refractivity contribution in [3.05, 3.63) is 79.8 Å². The van der Waals surface area contributed by atoms with Crippen LogP contribution in [-0.4, -0.2) is 13.4 Å². The number of aryl methyl sites for hydroxylation is 1. The van der Waals surface area contributed by atoms with Gasteiger partial charge in [-0.05, 0) is 0 Å². The summed E-state index contributed by atoms with van der Waals surface area (Å²) in [4.78, 5) is 4.11. The van der Waals surface area contributed by atoms with Crippen molar-refractivity contribution in [3.8, 4) is 0 Å². The molecule has 0 saturated heterocycles. The Morgan fingerprint density at radius 1 is 1.41 bits per heavy atom. The first-order valence-electron chi connectivity index (χ1n) is 5.61. The van der Waals surface area contributed by atoms with E-state index in [1.54, 1.807) is 6.33 Å². The molecule has 0 aliphatic heterocycles. The van der Waals surface area contributed by atoms with Crippen LogP contribution in [0, 0.1) is 32.2 Å². The van der Waals surface area contributed by atoms with Gasteiger partial charge in [-0.25, -0.2) is 5.57 Å². The fraction of sp³-hybridized carbons (Fsp3) is 0.118. The van der Waals surface area contributed by atoms with Crippen molar-refractivity contribution in [2.75, 3.05) is 0 Å². The Hall–Kier alpha value is 0.0527. The summed E-state index contributed by atoms with van der Waals surface area (Å²) in [5.41, 5.74) is 3.43. The van der Waals surface area contributed by atoms with Gasteiger partial charge in [0.1, 0.15) is 0 Å². The van der Waals surface area contributed by atoms with Gasteiger partial charge < -0.3 is 32.2 Å². The molecule has 2 rings (SSSR count). The minimum atomic E-state index is 0. The largest absolute Gasteiger partial charge is 3.00 e. The summed E-state index contributed by atoms with van der Waals surface area (Å²) in [6, 6.07) is 14.1. The molecule has 0 unspecified atom stereocenters. The first kappa shape index (κ1) is 26.9. The maximum atomic E-state index is 5.44. The zero-order valence-electron chi connectivity index (χ0n) is 13.2. The van der Waals surface area contributed by atoms with E-state index in [2.05, 4.69) is 23.2 Å². The van der Waals surface area contributed by atoms with Gasteiger partial charge in [0.05, 0.1) is 7.05 Å². The molecule has 5 heteroatoms. The molecule has 2 aromatic rings. The van der Waals surface area contributed by atoms with Gasteiger partial charge >= 0.3 is 32.7 Å². The maximum absolute atomic E-state index is 5.44. The Balaban J connectivity index is -0.000000902. The van der Waals surface area contributed by atoms with Crippen LogP contribution in [0.1, 0.15) is 23.9 Å². The molecular weight excluding hydrogens is 421 g/mol. The number of nitrogens with zero attached hydrogens (tertiary/aromatic N) is 2. The fourth-order valence-corrected chi connectivity index (χ4v) is 1.52. The number of aromatic nitrogens is 2. The molecule has 0 bridgehead atoms. The van der Waals surface area contributed by atoms with E-state index in [9.17, 15) is 0 Å². The monoisotopic (exact) mass is 437 g/mol. The first-order valence-corrected chi connectivity index (χ1v) is 5.61. The van der Waals surface area contributed by atoms with E-state index in [0.29, 0.717) is 5.69 Å². The second-order valence-corrected chi connectivity index (χ2v) is 3.91. The van der Waals surface area contributed by atoms with Crippen LogP contribution in [0.5, 0.6) is 0 Å². The summed E-state index contributed by atoms with van der Waals surface area (Å²) in [5.74, 6) is 0. The quantitative estimate of drug-likeness (QED) is 0.410. The second-order valence-electron chi connectivity index (χ2n) is 3.91. The van der Waals surface area contributed by atoms with E-state index in [0.717, 1.165) is 16.8 Å². The molecule has 22 heavy (non-hydrogen) atoms. The molecule has 2 nitrogen and oxygen atoms in total. The molecule has 0 N–H and O–H groups in total. The van der Waals surface area contributed by atoms with Crippen molar-refractivity contribution < 1.29 is 70.0 Å². The van der Waals surface area contributed by atoms with Gasteiger partial charge in [0.15, 0.2) is 0 Å². The zero-order chi connectivity index (χ0) is 13.0. The molecule has 0 atom stereocenters. The predicted octanol–water partition coefficient (Wildman–Crippen LogP) is 2.27. The topological polar surface area (TPSA) is 16.8 Å². The fourth-order valence-electron chi connectivity index (χ4n) is 1.52. The van der Waals surface area contributed by atoms with E-state index in [-0.39, 0.29) is 81.3 Å². The molecule has 0 spiro atoms. The molecule has 0 amide bonds. The van der Waals surface area contributed by atoms with Crippen LogP contribution in [0.4, 0.5) is 0 Å². The Labute approximate surface area is 186 Å². The molecule has 104 valence electrons. The normalized spacial score (nSPS) is 9.27. The minimum absolute atomic E-state index is 0. The van der Waals surface area contributed by atoms with Crippen LogP contribution in [0.25, 0.3) is 11.6 Å². The van der Waals surface area contributed by atoms with E-state index in [1.165, 1.54) is 6.08 Å².